The zero-order valence-corrected chi connectivity index (χ0v) is 15.8. The van der Waals surface area contributed by atoms with Gasteiger partial charge in [-0.15, -0.1) is 0 Å². The van der Waals surface area contributed by atoms with Crippen LogP contribution in [0.25, 0.3) is 10.9 Å². The summed E-state index contributed by atoms with van der Waals surface area (Å²) in [6.07, 6.45) is 0.533. The molecule has 1 aliphatic rings. The maximum atomic E-state index is 14.5. The number of benzene rings is 2. The number of halogens is 2. The lowest BCUT2D eigenvalue weighted by atomic mass is 9.71. The number of nitrogens with one attached hydrogen (secondary N) is 1. The van der Waals surface area contributed by atoms with Crippen LogP contribution in [0.2, 0.25) is 5.02 Å². The molecule has 4 nitrogen and oxygen atoms in total. The van der Waals surface area contributed by atoms with Crippen LogP contribution >= 0.6 is 11.6 Å². The third-order valence-corrected chi connectivity index (χ3v) is 5.49. The molecule has 6 heteroatoms. The number of ketones is 1. The van der Waals surface area contributed by atoms with E-state index in [9.17, 15) is 9.18 Å². The minimum atomic E-state index is -0.552. The van der Waals surface area contributed by atoms with Crippen molar-refractivity contribution in [3.63, 3.8) is 0 Å². The number of hydrogen-bond acceptors (Lipinski definition) is 3. The largest absolute Gasteiger partial charge is 0.493 e. The van der Waals surface area contributed by atoms with E-state index in [1.165, 1.54) is 6.07 Å². The fraction of sp³-hybridized carbons (Fsp3) is 0.286. The minimum Gasteiger partial charge on any atom is -0.493 e. The van der Waals surface area contributed by atoms with Gasteiger partial charge < -0.3 is 14.8 Å². The molecular formula is C21H19ClFNO3. The van der Waals surface area contributed by atoms with Crippen molar-refractivity contribution in [2.45, 2.75) is 25.7 Å². The second-order valence-corrected chi connectivity index (χ2v) is 7.65. The number of hydrogen-bond donors (Lipinski definition) is 2. The summed E-state index contributed by atoms with van der Waals surface area (Å²) in [4.78, 5) is 16.3. The minimum absolute atomic E-state index is 0.0171. The topological polar surface area (TPSA) is 62.3 Å². The molecule has 0 bridgehead atoms. The van der Waals surface area contributed by atoms with Gasteiger partial charge in [0.15, 0.2) is 11.6 Å². The predicted molar refractivity (Wildman–Crippen MR) is 102 cm³/mol. The van der Waals surface area contributed by atoms with Crippen molar-refractivity contribution in [3.05, 3.63) is 63.6 Å². The van der Waals surface area contributed by atoms with Gasteiger partial charge in [-0.2, -0.15) is 0 Å². The van der Waals surface area contributed by atoms with Crippen molar-refractivity contribution in [1.29, 1.82) is 0 Å². The highest BCUT2D eigenvalue weighted by molar-refractivity contribution is 6.32. The Kier molecular flexibility index (Phi) is 4.24. The Labute approximate surface area is 160 Å². The highest BCUT2D eigenvalue weighted by Gasteiger charge is 2.40. The second-order valence-electron chi connectivity index (χ2n) is 7.25. The summed E-state index contributed by atoms with van der Waals surface area (Å²) in [6, 6.07) is 8.51. The number of aromatic amines is 1. The van der Waals surface area contributed by atoms with Crippen molar-refractivity contribution < 1.29 is 19.0 Å². The summed E-state index contributed by atoms with van der Waals surface area (Å²) in [5, 5.41) is 9.46. The molecule has 3 aromatic rings. The molecule has 1 heterocycles. The van der Waals surface area contributed by atoms with Crippen molar-refractivity contribution in [3.8, 4) is 5.75 Å². The Morgan fingerprint density at radius 1 is 1.26 bits per heavy atom. The first-order chi connectivity index (χ1) is 12.9. The monoisotopic (exact) mass is 387 g/mol. The second kappa shape index (κ2) is 6.36. The van der Waals surface area contributed by atoms with Crippen molar-refractivity contribution in [1.82, 2.24) is 4.98 Å². The maximum Gasteiger partial charge on any atom is 0.195 e. The lowest BCUT2D eigenvalue weighted by Gasteiger charge is -2.32. The summed E-state index contributed by atoms with van der Waals surface area (Å²) < 4.78 is 20.2. The SMILES string of the molecule is CC1(C)c2cc(OCCCO)ccc2C(=O)c2c1[nH]c1c(F)c(Cl)ccc21. The molecule has 1 aliphatic carbocycles. The first-order valence-corrected chi connectivity index (χ1v) is 9.17. The van der Waals surface area contributed by atoms with Crippen LogP contribution in [0.4, 0.5) is 4.39 Å². The lowest BCUT2D eigenvalue weighted by molar-refractivity contribution is 0.103. The van der Waals surface area contributed by atoms with Crippen LogP contribution in [0.5, 0.6) is 5.75 Å². The van der Waals surface area contributed by atoms with E-state index in [0.717, 1.165) is 5.56 Å². The number of aliphatic hydroxyl groups is 1. The highest BCUT2D eigenvalue weighted by Crippen LogP contribution is 2.45. The Morgan fingerprint density at radius 2 is 2.04 bits per heavy atom. The first-order valence-electron chi connectivity index (χ1n) is 8.79. The number of H-pyrrole nitrogens is 1. The predicted octanol–water partition coefficient (Wildman–Crippen LogP) is 4.59. The molecule has 0 spiro atoms. The van der Waals surface area contributed by atoms with Crippen LogP contribution in [-0.2, 0) is 5.41 Å². The van der Waals surface area contributed by atoms with E-state index in [0.29, 0.717) is 41.0 Å². The molecule has 2 aromatic carbocycles. The molecule has 0 fully saturated rings. The zero-order valence-electron chi connectivity index (χ0n) is 15.0. The maximum absolute atomic E-state index is 14.5. The van der Waals surface area contributed by atoms with Crippen LogP contribution in [-0.4, -0.2) is 29.1 Å². The Morgan fingerprint density at radius 3 is 2.78 bits per heavy atom. The van der Waals surface area contributed by atoms with Gasteiger partial charge in [-0.1, -0.05) is 31.5 Å². The number of rotatable bonds is 4. The van der Waals surface area contributed by atoms with E-state index in [-0.39, 0.29) is 22.9 Å². The smallest absolute Gasteiger partial charge is 0.195 e. The average Bonchev–Trinajstić information content (AvgIpc) is 3.05. The molecule has 0 unspecified atom stereocenters. The van der Waals surface area contributed by atoms with Gasteiger partial charge in [-0.05, 0) is 29.8 Å². The fourth-order valence-corrected chi connectivity index (χ4v) is 3.92. The van der Waals surface area contributed by atoms with Gasteiger partial charge in [-0.3, -0.25) is 4.79 Å². The molecule has 0 aliphatic heterocycles. The van der Waals surface area contributed by atoms with Gasteiger partial charge in [0.05, 0.1) is 22.7 Å². The van der Waals surface area contributed by atoms with Crippen molar-refractivity contribution >= 4 is 28.3 Å². The molecule has 0 atom stereocenters. The number of carbonyl (C=O) groups excluding carboxylic acids is 1. The molecule has 0 saturated heterocycles. The molecule has 1 aromatic heterocycles. The molecule has 0 radical (unpaired) electrons. The summed E-state index contributed by atoms with van der Waals surface area (Å²) in [5.41, 5.74) is 2.27. The number of aliphatic hydroxyl groups excluding tert-OH is 1. The fourth-order valence-electron chi connectivity index (χ4n) is 3.76. The van der Waals surface area contributed by atoms with Gasteiger partial charge in [-0.25, -0.2) is 4.39 Å². The Balaban J connectivity index is 1.89. The number of fused-ring (bicyclic) bond motifs is 4. The third kappa shape index (κ3) is 2.65. The van der Waals surface area contributed by atoms with E-state index in [1.54, 1.807) is 18.2 Å². The van der Waals surface area contributed by atoms with Crippen LogP contribution < -0.4 is 4.74 Å². The summed E-state index contributed by atoms with van der Waals surface area (Å²) in [5.74, 6) is -0.0599. The quantitative estimate of drug-likeness (QED) is 0.643. The lowest BCUT2D eigenvalue weighted by Crippen LogP contribution is -2.30. The molecule has 27 heavy (non-hydrogen) atoms. The van der Waals surface area contributed by atoms with Crippen LogP contribution in [0.15, 0.2) is 30.3 Å². The van der Waals surface area contributed by atoms with E-state index >= 15 is 0 Å². The average molecular weight is 388 g/mol. The first kappa shape index (κ1) is 18.0. The molecule has 140 valence electrons. The van der Waals surface area contributed by atoms with E-state index in [4.69, 9.17) is 21.4 Å². The number of aromatic nitrogens is 1. The molecule has 2 N–H and O–H groups in total. The van der Waals surface area contributed by atoms with E-state index in [2.05, 4.69) is 4.98 Å². The van der Waals surface area contributed by atoms with Gasteiger partial charge >= 0.3 is 0 Å². The summed E-state index contributed by atoms with van der Waals surface area (Å²) in [7, 11) is 0. The van der Waals surface area contributed by atoms with Crippen molar-refractivity contribution in [2.75, 3.05) is 13.2 Å². The molecular weight excluding hydrogens is 369 g/mol. The summed E-state index contributed by atoms with van der Waals surface area (Å²) in [6.45, 7) is 4.43. The standard InChI is InChI=1S/C21H19ClFNO3/c1-21(2)14-10-11(27-9-3-8-25)4-5-12(14)19(26)16-13-6-7-15(22)17(23)18(13)24-20(16)21/h4-7,10,24-25H,3,8-9H2,1-2H3. The highest BCUT2D eigenvalue weighted by atomic mass is 35.5. The van der Waals surface area contributed by atoms with Gasteiger partial charge in [0.25, 0.3) is 0 Å². The van der Waals surface area contributed by atoms with Crippen LogP contribution in [0, 0.1) is 5.82 Å². The number of ether oxygens (including phenoxy) is 1. The Hall–Kier alpha value is -2.37. The van der Waals surface area contributed by atoms with Crippen molar-refractivity contribution in [2.24, 2.45) is 0 Å². The van der Waals surface area contributed by atoms with Crippen LogP contribution in [0.1, 0.15) is 47.4 Å². The Bertz CT molecular complexity index is 1070. The third-order valence-electron chi connectivity index (χ3n) is 5.20. The van der Waals surface area contributed by atoms with E-state index < -0.39 is 11.2 Å². The van der Waals surface area contributed by atoms with E-state index in [1.807, 2.05) is 19.9 Å². The zero-order chi connectivity index (χ0) is 19.3. The van der Waals surface area contributed by atoms with Gasteiger partial charge in [0.2, 0.25) is 0 Å². The van der Waals surface area contributed by atoms with Gasteiger partial charge in [0.1, 0.15) is 5.75 Å². The number of carbonyl (C=O) groups is 1. The van der Waals surface area contributed by atoms with Crippen LogP contribution in [0.3, 0.4) is 0 Å². The molecule has 0 saturated carbocycles. The normalized spacial score (nSPS) is 14.9. The van der Waals surface area contributed by atoms with Gasteiger partial charge in [0, 0.05) is 35.1 Å². The molecule has 0 amide bonds. The molecule has 4 rings (SSSR count). The summed E-state index contributed by atoms with van der Waals surface area (Å²) >= 11 is 5.91.